The summed E-state index contributed by atoms with van der Waals surface area (Å²) in [5.41, 5.74) is 10.4. The van der Waals surface area contributed by atoms with Gasteiger partial charge in [-0.05, 0) is 48.2 Å². The Morgan fingerprint density at radius 2 is 1.90 bits per heavy atom. The molecule has 0 spiro atoms. The number of benzene rings is 3. The van der Waals surface area contributed by atoms with Gasteiger partial charge in [-0.1, -0.05) is 54.1 Å². The van der Waals surface area contributed by atoms with E-state index in [1.54, 1.807) is 18.2 Å². The molecule has 3 aromatic carbocycles. The number of halogens is 2. The van der Waals surface area contributed by atoms with Crippen LogP contribution in [-0.2, 0) is 5.44 Å². The highest BCUT2D eigenvalue weighted by Gasteiger charge is 2.38. The quantitative estimate of drug-likeness (QED) is 0.201. The molecule has 1 aliphatic heterocycles. The van der Waals surface area contributed by atoms with Crippen LogP contribution in [0, 0.1) is 28.5 Å². The van der Waals surface area contributed by atoms with Gasteiger partial charge in [0.25, 0.3) is 0 Å². The Morgan fingerprint density at radius 3 is 2.60 bits per heavy atom. The molecule has 0 radical (unpaired) electrons. The molecule has 6 rings (SSSR count). The Labute approximate surface area is 249 Å². The van der Waals surface area contributed by atoms with E-state index in [-0.39, 0.29) is 18.3 Å². The first-order valence-corrected chi connectivity index (χ1v) is 14.0. The van der Waals surface area contributed by atoms with Crippen LogP contribution in [0.1, 0.15) is 42.0 Å². The summed E-state index contributed by atoms with van der Waals surface area (Å²) in [5, 5.41) is 29.7. The van der Waals surface area contributed by atoms with E-state index in [4.69, 9.17) is 11.6 Å². The van der Waals surface area contributed by atoms with E-state index < -0.39 is 5.44 Å². The lowest BCUT2D eigenvalue weighted by molar-refractivity contribution is 0.260. The van der Waals surface area contributed by atoms with Gasteiger partial charge in [-0.25, -0.2) is 4.39 Å². The van der Waals surface area contributed by atoms with E-state index in [1.165, 1.54) is 18.3 Å². The fraction of sp³-hybridized carbons (Fsp3) is 0.194. The van der Waals surface area contributed by atoms with Crippen molar-refractivity contribution in [2.75, 3.05) is 10.6 Å². The highest BCUT2D eigenvalue weighted by atomic mass is 35.5. The molecule has 2 aliphatic rings. The summed E-state index contributed by atoms with van der Waals surface area (Å²) in [5.74, 6) is -0.322. The number of pyridine rings is 1. The first-order chi connectivity index (χ1) is 20.4. The summed E-state index contributed by atoms with van der Waals surface area (Å²) in [6, 6.07) is 24.2. The number of fused-ring (bicyclic) bond motifs is 1. The maximum atomic E-state index is 13.9. The zero-order chi connectivity index (χ0) is 29.3. The van der Waals surface area contributed by atoms with Crippen LogP contribution in [-0.4, -0.2) is 23.9 Å². The third-order valence-corrected chi connectivity index (χ3v) is 8.03. The highest BCUT2D eigenvalue weighted by Crippen LogP contribution is 2.39. The molecule has 1 aliphatic carbocycles. The lowest BCUT2D eigenvalue weighted by Crippen LogP contribution is -2.45. The molecule has 1 fully saturated rings. The van der Waals surface area contributed by atoms with Gasteiger partial charge in [0.15, 0.2) is 0 Å². The van der Waals surface area contributed by atoms with Crippen molar-refractivity contribution in [3.63, 3.8) is 0 Å². The van der Waals surface area contributed by atoms with Gasteiger partial charge in [-0.15, -0.1) is 5.53 Å². The maximum Gasteiger partial charge on any atom is 0.148 e. The fourth-order valence-electron chi connectivity index (χ4n) is 5.27. The second-order valence-corrected chi connectivity index (χ2v) is 11.1. The van der Waals surface area contributed by atoms with Crippen LogP contribution in [0.3, 0.4) is 0 Å². The molecule has 4 N–H and O–H groups in total. The van der Waals surface area contributed by atoms with E-state index in [2.05, 4.69) is 43.7 Å². The molecule has 1 saturated carbocycles. The topological polar surface area (TPSA) is 112 Å². The summed E-state index contributed by atoms with van der Waals surface area (Å²) in [4.78, 5) is 4.49. The molecule has 8 nitrogen and oxygen atoms in total. The third-order valence-electron chi connectivity index (χ3n) is 7.74. The van der Waals surface area contributed by atoms with E-state index in [0.717, 1.165) is 29.7 Å². The molecule has 0 amide bonds. The van der Waals surface area contributed by atoms with Crippen LogP contribution >= 0.6 is 11.6 Å². The average Bonchev–Trinajstić information content (AvgIpc) is 3.73. The number of hydrazine groups is 2. The molecule has 4 aromatic rings. The standard InChI is InChI=1S/C31H27BClFN8/c32-31(21-6-8-22(34)9-7-21,28-18-42(41-40-28)24-10-11-24)39-23-14-25-29(20(16-36)17-37-30(25)26(33)15-23)38-27(12-13-35)19-4-2-1-3-5-19/h1-9,14-15,17-18,24,27,39-41H,10-12,32H2,(H,37,38)/t27-,31?/m1/s1. The largest absolute Gasteiger partial charge is 0.378 e. The van der Waals surface area contributed by atoms with E-state index in [1.807, 2.05) is 50.4 Å². The molecule has 1 unspecified atom stereocenters. The Balaban J connectivity index is 1.45. The second-order valence-electron chi connectivity index (χ2n) is 10.7. The molecule has 208 valence electrons. The van der Waals surface area contributed by atoms with Gasteiger partial charge in [0.05, 0.1) is 51.5 Å². The average molecular weight is 577 g/mol. The number of hydrogen-bond donors (Lipinski definition) is 4. The first-order valence-electron chi connectivity index (χ1n) is 13.7. The van der Waals surface area contributed by atoms with Crippen LogP contribution in [0.4, 0.5) is 15.8 Å². The Morgan fingerprint density at radius 1 is 1.14 bits per heavy atom. The van der Waals surface area contributed by atoms with Crippen LogP contribution in [0.25, 0.3) is 10.9 Å². The van der Waals surface area contributed by atoms with Crippen molar-refractivity contribution >= 4 is 41.7 Å². The SMILES string of the molecule is BC(Nc1cc(Cl)c2ncc(C#N)c(N[C@H](CC#N)c3ccccc3)c2c1)(C1=CN(C2CC2)NN1)c1ccc(F)cc1. The van der Waals surface area contributed by atoms with Crippen LogP contribution < -0.4 is 21.6 Å². The predicted octanol–water partition coefficient (Wildman–Crippen LogP) is 5.19. The molecule has 11 heteroatoms. The minimum atomic E-state index is -0.817. The Kier molecular flexibility index (Phi) is 7.34. The predicted molar refractivity (Wildman–Crippen MR) is 164 cm³/mol. The van der Waals surface area contributed by atoms with Crippen LogP contribution in [0.5, 0.6) is 0 Å². The molecule has 0 bridgehead atoms. The number of anilines is 2. The lowest BCUT2D eigenvalue weighted by Gasteiger charge is -2.34. The van der Waals surface area contributed by atoms with Gasteiger partial charge in [0.2, 0.25) is 0 Å². The molecule has 42 heavy (non-hydrogen) atoms. The van der Waals surface area contributed by atoms with Gasteiger partial charge < -0.3 is 16.1 Å². The summed E-state index contributed by atoms with van der Waals surface area (Å²) in [6.07, 6.45) is 5.94. The number of aromatic nitrogens is 1. The summed E-state index contributed by atoms with van der Waals surface area (Å²) in [7, 11) is 2.01. The zero-order valence-corrected chi connectivity index (χ0v) is 23.6. The zero-order valence-electron chi connectivity index (χ0n) is 22.8. The maximum absolute atomic E-state index is 13.9. The summed E-state index contributed by atoms with van der Waals surface area (Å²) in [6.45, 7) is 0. The first kappa shape index (κ1) is 27.4. The monoisotopic (exact) mass is 576 g/mol. The summed E-state index contributed by atoms with van der Waals surface area (Å²) < 4.78 is 13.9. The van der Waals surface area contributed by atoms with E-state index in [0.29, 0.717) is 38.9 Å². The van der Waals surface area contributed by atoms with Gasteiger partial charge in [-0.2, -0.15) is 10.5 Å². The van der Waals surface area contributed by atoms with E-state index in [9.17, 15) is 14.9 Å². The van der Waals surface area contributed by atoms with Crippen molar-refractivity contribution < 1.29 is 4.39 Å². The summed E-state index contributed by atoms with van der Waals surface area (Å²) >= 11 is 6.81. The number of nitrogens with one attached hydrogen (secondary N) is 4. The van der Waals surface area contributed by atoms with Crippen molar-refractivity contribution in [2.45, 2.75) is 36.8 Å². The Hall–Kier alpha value is -4.77. The number of hydrogen-bond acceptors (Lipinski definition) is 8. The second kappa shape index (κ2) is 11.3. The molecule has 0 saturated heterocycles. The lowest BCUT2D eigenvalue weighted by atomic mass is 9.69. The minimum absolute atomic E-state index is 0.192. The third kappa shape index (κ3) is 5.30. The van der Waals surface area contributed by atoms with Crippen molar-refractivity contribution in [3.8, 4) is 12.1 Å². The van der Waals surface area contributed by atoms with Crippen molar-refractivity contribution in [3.05, 3.63) is 112 Å². The van der Waals surface area contributed by atoms with Crippen molar-refractivity contribution in [1.29, 1.82) is 10.5 Å². The highest BCUT2D eigenvalue weighted by molar-refractivity contribution is 6.36. The van der Waals surface area contributed by atoms with Crippen LogP contribution in [0.15, 0.2) is 84.8 Å². The molecular formula is C31H27BClFN8. The molecule has 2 atom stereocenters. The normalized spacial score (nSPS) is 16.5. The van der Waals surface area contributed by atoms with E-state index >= 15 is 0 Å². The smallest absolute Gasteiger partial charge is 0.148 e. The van der Waals surface area contributed by atoms with Crippen molar-refractivity contribution in [2.24, 2.45) is 0 Å². The van der Waals surface area contributed by atoms with Gasteiger partial charge in [-0.3, -0.25) is 9.99 Å². The minimum Gasteiger partial charge on any atom is -0.378 e. The van der Waals surface area contributed by atoms with Crippen LogP contribution in [0.2, 0.25) is 5.02 Å². The molecule has 2 heterocycles. The number of nitrogens with zero attached hydrogens (tertiary/aromatic N) is 4. The number of rotatable bonds is 9. The molecule has 1 aromatic heterocycles. The Bertz CT molecular complexity index is 1750. The van der Waals surface area contributed by atoms with Gasteiger partial charge in [0.1, 0.15) is 19.7 Å². The fourth-order valence-corrected chi connectivity index (χ4v) is 5.54. The molecular weight excluding hydrogens is 550 g/mol. The van der Waals surface area contributed by atoms with Gasteiger partial charge in [0, 0.05) is 29.5 Å². The van der Waals surface area contributed by atoms with Gasteiger partial charge >= 0.3 is 0 Å². The number of nitriles is 2. The van der Waals surface area contributed by atoms with Crippen molar-refractivity contribution in [1.82, 2.24) is 21.0 Å².